The van der Waals surface area contributed by atoms with Gasteiger partial charge in [0.25, 0.3) is 6.43 Å². The fourth-order valence-corrected chi connectivity index (χ4v) is 3.40. The predicted molar refractivity (Wildman–Crippen MR) is 99.7 cm³/mol. The maximum Gasteiger partial charge on any atom is 0.251 e. The summed E-state index contributed by atoms with van der Waals surface area (Å²) in [4.78, 5) is 14.7. The van der Waals surface area contributed by atoms with Crippen molar-refractivity contribution in [1.29, 1.82) is 0 Å². The van der Waals surface area contributed by atoms with Gasteiger partial charge in [-0.15, -0.1) is 0 Å². The Balaban J connectivity index is 1.52. The average Bonchev–Trinajstić information content (AvgIpc) is 3.08. The molecule has 1 saturated heterocycles. The highest BCUT2D eigenvalue weighted by molar-refractivity contribution is 5.65. The molecule has 3 N–H and O–H groups in total. The largest absolute Gasteiger partial charge is 0.394 e. The number of anilines is 2. The van der Waals surface area contributed by atoms with Crippen molar-refractivity contribution in [2.24, 2.45) is 0 Å². The van der Waals surface area contributed by atoms with Crippen molar-refractivity contribution in [3.8, 4) is 11.5 Å². The van der Waals surface area contributed by atoms with Crippen molar-refractivity contribution in [3.63, 3.8) is 0 Å². The Kier molecular flexibility index (Phi) is 5.03. The summed E-state index contributed by atoms with van der Waals surface area (Å²) in [5.41, 5.74) is 7.53. The zero-order valence-electron chi connectivity index (χ0n) is 15.0. The minimum atomic E-state index is -2.32. The maximum atomic E-state index is 13.6. The highest BCUT2D eigenvalue weighted by Crippen LogP contribution is 2.24. The second-order valence-electron chi connectivity index (χ2n) is 6.83. The molecule has 4 heterocycles. The first-order chi connectivity index (χ1) is 13.5. The standard InChI is InChI=1S/C18H20F3N7/c19-11-1-2-16-23-8-14(28(16)9-11)18-24-7-13(22)17(26-18)25-12-3-5-27(6-4-12)10-15(20)21/h1-2,7-9,12,15H,3-6,10,22H2,(H,24,25,26). The van der Waals surface area contributed by atoms with E-state index in [0.717, 1.165) is 0 Å². The van der Waals surface area contributed by atoms with E-state index in [2.05, 4.69) is 20.3 Å². The summed E-state index contributed by atoms with van der Waals surface area (Å²) >= 11 is 0. The van der Waals surface area contributed by atoms with Crippen LogP contribution in [0.2, 0.25) is 0 Å². The number of aromatic nitrogens is 4. The molecule has 1 aliphatic rings. The third-order valence-electron chi connectivity index (χ3n) is 4.84. The monoisotopic (exact) mass is 391 g/mol. The zero-order chi connectivity index (χ0) is 19.7. The van der Waals surface area contributed by atoms with Crippen molar-refractivity contribution in [2.45, 2.75) is 25.3 Å². The van der Waals surface area contributed by atoms with Gasteiger partial charge in [-0.05, 0) is 25.0 Å². The first kappa shape index (κ1) is 18.5. The van der Waals surface area contributed by atoms with Gasteiger partial charge in [0.2, 0.25) is 0 Å². The number of piperidine rings is 1. The summed E-state index contributed by atoms with van der Waals surface area (Å²) < 4.78 is 40.2. The van der Waals surface area contributed by atoms with Gasteiger partial charge >= 0.3 is 0 Å². The highest BCUT2D eigenvalue weighted by Gasteiger charge is 2.22. The molecular weight excluding hydrogens is 371 g/mol. The molecule has 28 heavy (non-hydrogen) atoms. The van der Waals surface area contributed by atoms with Crippen LogP contribution in [0, 0.1) is 5.82 Å². The van der Waals surface area contributed by atoms with Crippen LogP contribution in [-0.2, 0) is 0 Å². The van der Waals surface area contributed by atoms with Crippen molar-refractivity contribution in [2.75, 3.05) is 30.7 Å². The van der Waals surface area contributed by atoms with Crippen molar-refractivity contribution in [3.05, 3.63) is 36.5 Å². The second kappa shape index (κ2) is 7.63. The number of likely N-dealkylation sites (tertiary alicyclic amines) is 1. The molecule has 0 spiro atoms. The van der Waals surface area contributed by atoms with Crippen molar-refractivity contribution < 1.29 is 13.2 Å². The predicted octanol–water partition coefficient (Wildman–Crippen LogP) is 2.65. The van der Waals surface area contributed by atoms with Gasteiger partial charge < -0.3 is 11.1 Å². The van der Waals surface area contributed by atoms with E-state index in [0.29, 0.717) is 54.6 Å². The van der Waals surface area contributed by atoms with Gasteiger partial charge in [0.1, 0.15) is 17.2 Å². The molecule has 1 aliphatic heterocycles. The van der Waals surface area contributed by atoms with Crippen LogP contribution >= 0.6 is 0 Å². The molecule has 0 amide bonds. The summed E-state index contributed by atoms with van der Waals surface area (Å²) in [5.74, 6) is 0.449. The van der Waals surface area contributed by atoms with Crippen LogP contribution < -0.4 is 11.1 Å². The summed E-state index contributed by atoms with van der Waals surface area (Å²) in [5, 5.41) is 3.29. The number of alkyl halides is 2. The van der Waals surface area contributed by atoms with Crippen molar-refractivity contribution >= 4 is 17.2 Å². The van der Waals surface area contributed by atoms with Crippen molar-refractivity contribution in [1.82, 2.24) is 24.3 Å². The molecule has 0 bridgehead atoms. The van der Waals surface area contributed by atoms with E-state index in [-0.39, 0.29) is 12.6 Å². The van der Waals surface area contributed by atoms with E-state index in [1.165, 1.54) is 18.5 Å². The number of halogens is 3. The first-order valence-corrected chi connectivity index (χ1v) is 9.02. The van der Waals surface area contributed by atoms with Gasteiger partial charge in [0.15, 0.2) is 11.6 Å². The Labute approximate surface area is 159 Å². The summed E-state index contributed by atoms with van der Waals surface area (Å²) in [7, 11) is 0. The summed E-state index contributed by atoms with van der Waals surface area (Å²) in [6, 6.07) is 2.99. The molecular formula is C18H20F3N7. The Morgan fingerprint density at radius 2 is 1.96 bits per heavy atom. The Bertz CT molecular complexity index is 967. The molecule has 0 saturated carbocycles. The number of fused-ring (bicyclic) bond motifs is 1. The van der Waals surface area contributed by atoms with Gasteiger partial charge in [0.05, 0.1) is 24.6 Å². The minimum Gasteiger partial charge on any atom is -0.394 e. The lowest BCUT2D eigenvalue weighted by molar-refractivity contribution is 0.0769. The number of imidazole rings is 1. The van der Waals surface area contributed by atoms with Crippen LogP contribution in [0.5, 0.6) is 0 Å². The number of hydrogen-bond donors (Lipinski definition) is 2. The molecule has 3 aromatic heterocycles. The first-order valence-electron chi connectivity index (χ1n) is 9.02. The second-order valence-corrected chi connectivity index (χ2v) is 6.83. The molecule has 0 atom stereocenters. The average molecular weight is 391 g/mol. The lowest BCUT2D eigenvalue weighted by Crippen LogP contribution is -2.41. The van der Waals surface area contributed by atoms with Crippen LogP contribution in [0.1, 0.15) is 12.8 Å². The number of hydrogen-bond acceptors (Lipinski definition) is 6. The fourth-order valence-electron chi connectivity index (χ4n) is 3.40. The lowest BCUT2D eigenvalue weighted by atomic mass is 10.1. The van der Waals surface area contributed by atoms with Crippen LogP contribution in [0.4, 0.5) is 24.7 Å². The molecule has 4 rings (SSSR count). The molecule has 3 aromatic rings. The number of rotatable bonds is 5. The Hall–Kier alpha value is -2.88. The molecule has 148 valence electrons. The van der Waals surface area contributed by atoms with Gasteiger partial charge in [0, 0.05) is 25.3 Å². The number of nitrogen functional groups attached to an aromatic ring is 1. The number of nitrogens with zero attached hydrogens (tertiary/aromatic N) is 5. The Morgan fingerprint density at radius 3 is 2.71 bits per heavy atom. The quantitative estimate of drug-likeness (QED) is 0.696. The molecule has 10 heteroatoms. The van der Waals surface area contributed by atoms with Gasteiger partial charge in [-0.3, -0.25) is 9.30 Å². The van der Waals surface area contributed by atoms with Gasteiger partial charge in [-0.1, -0.05) is 0 Å². The van der Waals surface area contributed by atoms with E-state index in [1.54, 1.807) is 21.6 Å². The maximum absolute atomic E-state index is 13.6. The molecule has 0 unspecified atom stereocenters. The number of nitrogens with two attached hydrogens (primary N) is 1. The molecule has 0 aromatic carbocycles. The summed E-state index contributed by atoms with van der Waals surface area (Å²) in [6.45, 7) is 0.982. The van der Waals surface area contributed by atoms with E-state index < -0.39 is 12.2 Å². The zero-order valence-corrected chi connectivity index (χ0v) is 15.0. The van der Waals surface area contributed by atoms with Crippen LogP contribution in [-0.4, -0.2) is 56.4 Å². The third-order valence-corrected chi connectivity index (χ3v) is 4.84. The Morgan fingerprint density at radius 1 is 1.18 bits per heavy atom. The lowest BCUT2D eigenvalue weighted by Gasteiger charge is -2.32. The molecule has 1 fully saturated rings. The van der Waals surface area contributed by atoms with Crippen LogP contribution in [0.15, 0.2) is 30.7 Å². The molecule has 7 nitrogen and oxygen atoms in total. The van der Waals surface area contributed by atoms with Gasteiger partial charge in [-0.2, -0.15) is 0 Å². The van der Waals surface area contributed by atoms with Gasteiger partial charge in [-0.25, -0.2) is 28.1 Å². The smallest absolute Gasteiger partial charge is 0.251 e. The summed E-state index contributed by atoms with van der Waals surface area (Å²) in [6.07, 6.45) is 3.50. The van der Waals surface area contributed by atoms with Crippen LogP contribution in [0.25, 0.3) is 17.2 Å². The number of pyridine rings is 1. The SMILES string of the molecule is Nc1cnc(-c2cnc3ccc(F)cn23)nc1NC1CCN(CC(F)F)CC1. The molecule has 0 radical (unpaired) electrons. The highest BCUT2D eigenvalue weighted by atomic mass is 19.3. The van der Waals surface area contributed by atoms with E-state index in [1.807, 2.05) is 0 Å². The normalized spacial score (nSPS) is 16.1. The van der Waals surface area contributed by atoms with E-state index >= 15 is 0 Å². The van der Waals surface area contributed by atoms with E-state index in [9.17, 15) is 13.2 Å². The minimum absolute atomic E-state index is 0.0820. The number of nitrogens with one attached hydrogen (secondary N) is 1. The van der Waals surface area contributed by atoms with Crippen LogP contribution in [0.3, 0.4) is 0 Å². The molecule has 0 aliphatic carbocycles. The topological polar surface area (TPSA) is 84.4 Å². The van der Waals surface area contributed by atoms with E-state index in [4.69, 9.17) is 5.73 Å². The third kappa shape index (κ3) is 3.86. The fraction of sp³-hybridized carbons (Fsp3) is 0.389.